The normalized spacial score (nSPS) is 9.73. The van der Waals surface area contributed by atoms with Crippen molar-refractivity contribution < 1.29 is 9.84 Å². The lowest BCUT2D eigenvalue weighted by atomic mass is 10.3. The highest BCUT2D eigenvalue weighted by Gasteiger charge is 2.07. The average Bonchev–Trinajstić information content (AvgIpc) is 2.01. The third-order valence-electron chi connectivity index (χ3n) is 1.25. The fourth-order valence-corrected chi connectivity index (χ4v) is 1.57. The molecule has 0 saturated carbocycles. The van der Waals surface area contributed by atoms with Crippen LogP contribution in [-0.2, 0) is 0 Å². The number of benzene rings is 1. The molecule has 1 aromatic rings. The minimum Gasteiger partial charge on any atom is -0.503 e. The van der Waals surface area contributed by atoms with Crippen molar-refractivity contribution in [2.75, 3.05) is 7.11 Å². The molecule has 0 radical (unpaired) electrons. The number of hydrogen-bond acceptors (Lipinski definition) is 2. The molecule has 0 unspecified atom stereocenters. The van der Waals surface area contributed by atoms with E-state index >= 15 is 0 Å². The summed E-state index contributed by atoms with van der Waals surface area (Å²) in [5.74, 6) is 0.745. The van der Waals surface area contributed by atoms with Crippen molar-refractivity contribution >= 4 is 45.2 Å². The number of rotatable bonds is 1. The first-order chi connectivity index (χ1) is 5.16. The number of aromatic hydroxyl groups is 1. The van der Waals surface area contributed by atoms with Gasteiger partial charge in [0.1, 0.15) is 0 Å². The van der Waals surface area contributed by atoms with Crippen LogP contribution in [0.3, 0.4) is 0 Å². The average molecular weight is 376 g/mol. The van der Waals surface area contributed by atoms with E-state index in [2.05, 4.69) is 45.2 Å². The van der Waals surface area contributed by atoms with Gasteiger partial charge in [-0.3, -0.25) is 0 Å². The molecule has 60 valence electrons. The summed E-state index contributed by atoms with van der Waals surface area (Å²) in [6.45, 7) is 0. The molecular formula is C7H6I2O2. The van der Waals surface area contributed by atoms with Crippen molar-refractivity contribution in [1.82, 2.24) is 0 Å². The van der Waals surface area contributed by atoms with Crippen molar-refractivity contribution in [3.8, 4) is 11.5 Å². The van der Waals surface area contributed by atoms with Crippen molar-refractivity contribution in [1.29, 1.82) is 0 Å². The van der Waals surface area contributed by atoms with Crippen LogP contribution in [0.4, 0.5) is 0 Å². The van der Waals surface area contributed by atoms with Gasteiger partial charge in [-0.1, -0.05) is 0 Å². The molecule has 0 atom stereocenters. The fourth-order valence-electron chi connectivity index (χ4n) is 0.687. The molecule has 11 heavy (non-hydrogen) atoms. The topological polar surface area (TPSA) is 29.5 Å². The Morgan fingerprint density at radius 1 is 1.36 bits per heavy atom. The molecule has 0 aliphatic rings. The van der Waals surface area contributed by atoms with Gasteiger partial charge in [-0.25, -0.2) is 0 Å². The van der Waals surface area contributed by atoms with Crippen LogP contribution in [0.2, 0.25) is 0 Å². The monoisotopic (exact) mass is 376 g/mol. The lowest BCUT2D eigenvalue weighted by Crippen LogP contribution is -1.87. The van der Waals surface area contributed by atoms with Crippen molar-refractivity contribution in [2.24, 2.45) is 0 Å². The fraction of sp³-hybridized carbons (Fsp3) is 0.143. The zero-order valence-corrected chi connectivity index (χ0v) is 10.1. The van der Waals surface area contributed by atoms with Crippen LogP contribution in [0.25, 0.3) is 0 Å². The maximum absolute atomic E-state index is 9.44. The number of hydrogen-bond donors (Lipinski definition) is 1. The standard InChI is InChI=1S/C7H6I2O2/c1-11-5-3-2-4(8)6(9)7(5)10/h2-3,10H,1H3. The molecule has 0 saturated heterocycles. The predicted octanol–water partition coefficient (Wildman–Crippen LogP) is 2.61. The first-order valence-corrected chi connectivity index (χ1v) is 5.03. The second kappa shape index (κ2) is 3.79. The molecule has 1 rings (SSSR count). The van der Waals surface area contributed by atoms with Gasteiger partial charge >= 0.3 is 0 Å². The minimum atomic E-state index is 0.222. The molecule has 0 heterocycles. The molecule has 0 fully saturated rings. The zero-order valence-electron chi connectivity index (χ0n) is 5.77. The third-order valence-corrected chi connectivity index (χ3v) is 4.27. The molecule has 0 bridgehead atoms. The van der Waals surface area contributed by atoms with Crippen LogP contribution in [0.1, 0.15) is 0 Å². The first kappa shape index (κ1) is 9.37. The van der Waals surface area contributed by atoms with E-state index in [4.69, 9.17) is 4.74 Å². The number of methoxy groups -OCH3 is 1. The number of halogens is 2. The largest absolute Gasteiger partial charge is 0.503 e. The summed E-state index contributed by atoms with van der Waals surface area (Å²) in [4.78, 5) is 0. The Bertz CT molecular complexity index is 273. The number of phenolic OH excluding ortho intramolecular Hbond substituents is 1. The molecule has 0 aliphatic carbocycles. The molecular weight excluding hydrogens is 370 g/mol. The summed E-state index contributed by atoms with van der Waals surface area (Å²) >= 11 is 4.24. The molecule has 4 heteroatoms. The van der Waals surface area contributed by atoms with E-state index in [1.54, 1.807) is 6.07 Å². The molecule has 0 aromatic heterocycles. The van der Waals surface area contributed by atoms with E-state index in [1.807, 2.05) is 6.07 Å². The van der Waals surface area contributed by atoms with Gasteiger partial charge in [-0.15, -0.1) is 0 Å². The molecule has 1 aromatic carbocycles. The van der Waals surface area contributed by atoms with Crippen molar-refractivity contribution in [3.05, 3.63) is 19.3 Å². The van der Waals surface area contributed by atoms with Gasteiger partial charge in [0.25, 0.3) is 0 Å². The van der Waals surface area contributed by atoms with Gasteiger partial charge < -0.3 is 9.84 Å². The summed E-state index contributed by atoms with van der Waals surface area (Å²) in [6, 6.07) is 3.65. The number of ether oxygens (including phenoxy) is 1. The Labute approximate surface area is 92.2 Å². The Hall–Kier alpha value is 0.280. The third kappa shape index (κ3) is 1.90. The lowest BCUT2D eigenvalue weighted by Gasteiger charge is -2.05. The molecule has 0 aliphatic heterocycles. The highest BCUT2D eigenvalue weighted by Crippen LogP contribution is 2.33. The van der Waals surface area contributed by atoms with Crippen LogP contribution in [0.15, 0.2) is 12.1 Å². The molecule has 0 amide bonds. The van der Waals surface area contributed by atoms with E-state index in [0.29, 0.717) is 5.75 Å². The van der Waals surface area contributed by atoms with E-state index in [-0.39, 0.29) is 5.75 Å². The van der Waals surface area contributed by atoms with E-state index in [1.165, 1.54) is 7.11 Å². The zero-order chi connectivity index (χ0) is 8.43. The van der Waals surface area contributed by atoms with E-state index in [0.717, 1.165) is 7.14 Å². The summed E-state index contributed by atoms with van der Waals surface area (Å²) < 4.78 is 6.79. The summed E-state index contributed by atoms with van der Waals surface area (Å²) in [5.41, 5.74) is 0. The quantitative estimate of drug-likeness (QED) is 0.764. The van der Waals surface area contributed by atoms with Gasteiger partial charge in [0.05, 0.1) is 10.7 Å². The second-order valence-electron chi connectivity index (χ2n) is 1.91. The van der Waals surface area contributed by atoms with Crippen LogP contribution in [0.5, 0.6) is 11.5 Å². The first-order valence-electron chi connectivity index (χ1n) is 2.87. The van der Waals surface area contributed by atoms with Crippen LogP contribution < -0.4 is 4.74 Å². The lowest BCUT2D eigenvalue weighted by molar-refractivity contribution is 0.371. The maximum atomic E-state index is 9.44. The molecule has 2 nitrogen and oxygen atoms in total. The second-order valence-corrected chi connectivity index (χ2v) is 4.15. The number of phenols is 1. The summed E-state index contributed by atoms with van der Waals surface area (Å²) in [7, 11) is 1.54. The maximum Gasteiger partial charge on any atom is 0.172 e. The van der Waals surface area contributed by atoms with E-state index < -0.39 is 0 Å². The van der Waals surface area contributed by atoms with Gasteiger partial charge in [0, 0.05) is 3.57 Å². The van der Waals surface area contributed by atoms with Gasteiger partial charge in [0.2, 0.25) is 0 Å². The highest BCUT2D eigenvalue weighted by atomic mass is 127. The van der Waals surface area contributed by atoms with Crippen molar-refractivity contribution in [3.63, 3.8) is 0 Å². The van der Waals surface area contributed by atoms with E-state index in [9.17, 15) is 5.11 Å². The molecule has 1 N–H and O–H groups in total. The Balaban J connectivity index is 3.25. The summed E-state index contributed by atoms with van der Waals surface area (Å²) in [5, 5.41) is 9.44. The summed E-state index contributed by atoms with van der Waals surface area (Å²) in [6.07, 6.45) is 0. The van der Waals surface area contributed by atoms with Crippen LogP contribution in [-0.4, -0.2) is 12.2 Å². The van der Waals surface area contributed by atoms with Crippen LogP contribution in [0, 0.1) is 7.14 Å². The van der Waals surface area contributed by atoms with Crippen molar-refractivity contribution in [2.45, 2.75) is 0 Å². The highest BCUT2D eigenvalue weighted by molar-refractivity contribution is 14.1. The predicted molar refractivity (Wildman–Crippen MR) is 60.1 cm³/mol. The minimum absolute atomic E-state index is 0.222. The van der Waals surface area contributed by atoms with Gasteiger partial charge in [-0.2, -0.15) is 0 Å². The van der Waals surface area contributed by atoms with Gasteiger partial charge in [-0.05, 0) is 57.3 Å². The molecule has 0 spiro atoms. The van der Waals surface area contributed by atoms with Crippen LogP contribution >= 0.6 is 45.2 Å². The Morgan fingerprint density at radius 3 is 2.55 bits per heavy atom. The SMILES string of the molecule is COc1ccc(I)c(I)c1O. The van der Waals surface area contributed by atoms with Gasteiger partial charge in [0.15, 0.2) is 11.5 Å². The smallest absolute Gasteiger partial charge is 0.172 e. The Kier molecular flexibility index (Phi) is 3.23. The Morgan fingerprint density at radius 2 is 2.00 bits per heavy atom.